The number of rotatable bonds is 3. The Morgan fingerprint density at radius 2 is 1.62 bits per heavy atom. The van der Waals surface area contributed by atoms with E-state index in [0.29, 0.717) is 0 Å². The third-order valence-corrected chi connectivity index (χ3v) is 5.84. The van der Waals surface area contributed by atoms with E-state index in [9.17, 15) is 16.8 Å². The first-order chi connectivity index (χ1) is 7.12. The lowest BCUT2D eigenvalue weighted by molar-refractivity contribution is 0.590. The van der Waals surface area contributed by atoms with Crippen molar-refractivity contribution in [1.82, 2.24) is 0 Å². The van der Waals surface area contributed by atoms with Crippen LogP contribution in [0.1, 0.15) is 0 Å². The molecule has 0 atom stereocenters. The number of hydrogen-bond acceptors (Lipinski definition) is 4. The van der Waals surface area contributed by atoms with Crippen molar-refractivity contribution in [3.63, 3.8) is 0 Å². The lowest BCUT2D eigenvalue weighted by Crippen LogP contribution is -2.23. The SMILES string of the molecule is NS(=O)(=O)CS(=O)(=O)c1ccc(Cl)c(Cl)c1. The lowest BCUT2D eigenvalue weighted by Gasteiger charge is -2.04. The van der Waals surface area contributed by atoms with Crippen molar-refractivity contribution in [2.45, 2.75) is 4.90 Å². The topological polar surface area (TPSA) is 94.3 Å². The molecule has 1 aromatic carbocycles. The molecule has 0 unspecified atom stereocenters. The predicted molar refractivity (Wildman–Crippen MR) is 61.6 cm³/mol. The Kier molecular flexibility index (Phi) is 3.86. The van der Waals surface area contributed by atoms with Crippen molar-refractivity contribution in [3.8, 4) is 0 Å². The molecule has 0 saturated heterocycles. The zero-order valence-electron chi connectivity index (χ0n) is 7.72. The van der Waals surface area contributed by atoms with Crippen LogP contribution < -0.4 is 5.14 Å². The number of sulfone groups is 1. The van der Waals surface area contributed by atoms with E-state index in [2.05, 4.69) is 5.14 Å². The Morgan fingerprint density at radius 3 is 2.06 bits per heavy atom. The van der Waals surface area contributed by atoms with E-state index in [1.807, 2.05) is 0 Å². The molecule has 0 saturated carbocycles. The number of benzene rings is 1. The van der Waals surface area contributed by atoms with Crippen molar-refractivity contribution >= 4 is 43.1 Å². The number of nitrogens with two attached hydrogens (primary N) is 1. The van der Waals surface area contributed by atoms with Crippen molar-refractivity contribution in [2.24, 2.45) is 5.14 Å². The van der Waals surface area contributed by atoms with Crippen LogP contribution in [0, 0.1) is 0 Å². The molecule has 5 nitrogen and oxygen atoms in total. The highest BCUT2D eigenvalue weighted by Crippen LogP contribution is 2.25. The van der Waals surface area contributed by atoms with Gasteiger partial charge in [-0.1, -0.05) is 23.2 Å². The van der Waals surface area contributed by atoms with Gasteiger partial charge >= 0.3 is 0 Å². The van der Waals surface area contributed by atoms with Crippen LogP contribution in [0.25, 0.3) is 0 Å². The molecule has 0 fully saturated rings. The summed E-state index contributed by atoms with van der Waals surface area (Å²) >= 11 is 11.2. The summed E-state index contributed by atoms with van der Waals surface area (Å²) < 4.78 is 44.5. The summed E-state index contributed by atoms with van der Waals surface area (Å²) in [6.07, 6.45) is 0. The van der Waals surface area contributed by atoms with Crippen LogP contribution in [0.3, 0.4) is 0 Å². The molecule has 16 heavy (non-hydrogen) atoms. The largest absolute Gasteiger partial charge is 0.228 e. The van der Waals surface area contributed by atoms with E-state index in [4.69, 9.17) is 23.2 Å². The van der Waals surface area contributed by atoms with Crippen molar-refractivity contribution in [3.05, 3.63) is 28.2 Å². The van der Waals surface area contributed by atoms with E-state index in [1.54, 1.807) is 0 Å². The molecule has 90 valence electrons. The van der Waals surface area contributed by atoms with Crippen LogP contribution in [0.2, 0.25) is 10.0 Å². The molecule has 0 amide bonds. The van der Waals surface area contributed by atoms with Gasteiger partial charge in [-0.05, 0) is 18.2 Å². The number of halogens is 2. The third-order valence-electron chi connectivity index (χ3n) is 1.57. The first-order valence-electron chi connectivity index (χ1n) is 3.80. The monoisotopic (exact) mass is 303 g/mol. The molecular weight excluding hydrogens is 297 g/mol. The van der Waals surface area contributed by atoms with Crippen LogP contribution in [-0.2, 0) is 19.9 Å². The van der Waals surface area contributed by atoms with Gasteiger partial charge in [0.25, 0.3) is 0 Å². The smallest absolute Gasteiger partial charge is 0.223 e. The number of primary sulfonamides is 1. The van der Waals surface area contributed by atoms with Crippen LogP contribution in [-0.4, -0.2) is 21.9 Å². The summed E-state index contributed by atoms with van der Waals surface area (Å²) in [4.78, 5) is -0.240. The molecular formula is C7H7Cl2NO4S2. The van der Waals surface area contributed by atoms with Crippen LogP contribution >= 0.6 is 23.2 Å². The molecule has 0 aliphatic carbocycles. The average Bonchev–Trinajstić information content (AvgIpc) is 2.05. The Labute approximate surface area is 103 Å². The molecule has 0 aliphatic heterocycles. The van der Waals surface area contributed by atoms with Gasteiger partial charge in [0.05, 0.1) is 14.9 Å². The second kappa shape index (κ2) is 4.50. The Hall–Kier alpha value is -0.340. The van der Waals surface area contributed by atoms with E-state index < -0.39 is 24.9 Å². The highest BCUT2D eigenvalue weighted by molar-refractivity contribution is 8.07. The molecule has 0 spiro atoms. The summed E-state index contributed by atoms with van der Waals surface area (Å²) in [6.45, 7) is 0. The molecule has 0 heterocycles. The van der Waals surface area contributed by atoms with E-state index in [0.717, 1.165) is 12.1 Å². The van der Waals surface area contributed by atoms with E-state index in [-0.39, 0.29) is 14.9 Å². The second-order valence-electron chi connectivity index (χ2n) is 2.97. The van der Waals surface area contributed by atoms with Crippen LogP contribution in [0.5, 0.6) is 0 Å². The molecule has 0 aromatic heterocycles. The van der Waals surface area contributed by atoms with Gasteiger partial charge in [0.15, 0.2) is 14.9 Å². The van der Waals surface area contributed by atoms with Crippen LogP contribution in [0.15, 0.2) is 23.1 Å². The predicted octanol–water partition coefficient (Wildman–Crippen LogP) is 1.01. The normalized spacial score (nSPS) is 12.7. The maximum Gasteiger partial charge on any atom is 0.223 e. The van der Waals surface area contributed by atoms with Crippen LogP contribution in [0.4, 0.5) is 0 Å². The van der Waals surface area contributed by atoms with E-state index >= 15 is 0 Å². The summed E-state index contributed by atoms with van der Waals surface area (Å²) in [5.74, 6) is 0. The summed E-state index contributed by atoms with van der Waals surface area (Å²) in [5.41, 5.74) is 0. The summed E-state index contributed by atoms with van der Waals surface area (Å²) in [6, 6.07) is 3.50. The fourth-order valence-electron chi connectivity index (χ4n) is 0.955. The van der Waals surface area contributed by atoms with Gasteiger partial charge in [-0.3, -0.25) is 0 Å². The Morgan fingerprint density at radius 1 is 1.06 bits per heavy atom. The number of sulfonamides is 1. The average molecular weight is 304 g/mol. The first kappa shape index (κ1) is 13.7. The highest BCUT2D eigenvalue weighted by Gasteiger charge is 2.21. The zero-order valence-corrected chi connectivity index (χ0v) is 10.9. The molecule has 1 aromatic rings. The van der Waals surface area contributed by atoms with Gasteiger partial charge in [0, 0.05) is 0 Å². The standard InChI is InChI=1S/C7H7Cl2NO4S2/c8-6-2-1-5(3-7(6)9)15(11,12)4-16(10,13)14/h1-3H,4H2,(H2,10,13,14). The Balaban J connectivity index is 3.24. The molecule has 9 heteroatoms. The fourth-order valence-corrected chi connectivity index (χ4v) is 4.16. The maximum absolute atomic E-state index is 11.6. The van der Waals surface area contributed by atoms with Crippen molar-refractivity contribution in [2.75, 3.05) is 5.08 Å². The minimum atomic E-state index is -4.12. The third kappa shape index (κ3) is 3.60. The summed E-state index contributed by atoms with van der Waals surface area (Å²) in [7, 11) is -8.13. The van der Waals surface area contributed by atoms with Crippen molar-refractivity contribution in [1.29, 1.82) is 0 Å². The lowest BCUT2D eigenvalue weighted by atomic mass is 10.4. The molecule has 2 N–H and O–H groups in total. The van der Waals surface area contributed by atoms with Crippen molar-refractivity contribution < 1.29 is 16.8 Å². The van der Waals surface area contributed by atoms with Gasteiger partial charge in [-0.25, -0.2) is 22.0 Å². The van der Waals surface area contributed by atoms with Gasteiger partial charge in [0.1, 0.15) is 0 Å². The Bertz CT molecular complexity index is 609. The van der Waals surface area contributed by atoms with Gasteiger partial charge in [0.2, 0.25) is 10.0 Å². The maximum atomic E-state index is 11.6. The summed E-state index contributed by atoms with van der Waals surface area (Å²) in [5, 5.41) is 3.69. The van der Waals surface area contributed by atoms with E-state index in [1.165, 1.54) is 6.07 Å². The highest BCUT2D eigenvalue weighted by atomic mass is 35.5. The van der Waals surface area contributed by atoms with Gasteiger partial charge in [-0.2, -0.15) is 0 Å². The quantitative estimate of drug-likeness (QED) is 0.901. The molecule has 0 aliphatic rings. The molecule has 0 radical (unpaired) electrons. The van der Waals surface area contributed by atoms with Gasteiger partial charge < -0.3 is 0 Å². The molecule has 0 bridgehead atoms. The molecule has 1 rings (SSSR count). The zero-order chi connectivity index (χ0) is 12.6. The minimum Gasteiger partial charge on any atom is -0.228 e. The minimum absolute atomic E-state index is 0.0251. The van der Waals surface area contributed by atoms with Gasteiger partial charge in [-0.15, -0.1) is 0 Å². The fraction of sp³-hybridized carbons (Fsp3) is 0.143. The number of hydrogen-bond donors (Lipinski definition) is 1. The first-order valence-corrected chi connectivity index (χ1v) is 7.92. The second-order valence-corrected chi connectivity index (χ2v) is 7.76.